The van der Waals surface area contributed by atoms with Crippen molar-refractivity contribution in [2.75, 3.05) is 0 Å². The van der Waals surface area contributed by atoms with Crippen LogP contribution in [0.1, 0.15) is 26.2 Å². The summed E-state index contributed by atoms with van der Waals surface area (Å²) in [6.07, 6.45) is 5.10. The maximum Gasteiger partial charge on any atom is 0.318 e. The second-order valence-electron chi connectivity index (χ2n) is 3.91. The molecule has 0 spiro atoms. The lowest BCUT2D eigenvalue weighted by Crippen LogP contribution is -2.42. The van der Waals surface area contributed by atoms with Crippen molar-refractivity contribution in [3.63, 3.8) is 0 Å². The van der Waals surface area contributed by atoms with E-state index in [1.54, 1.807) is 0 Å². The van der Waals surface area contributed by atoms with Crippen LogP contribution in [0.15, 0.2) is 12.2 Å². The molecule has 3 amide bonds. The maximum absolute atomic E-state index is 11.6. The number of imide groups is 1. The fourth-order valence-corrected chi connectivity index (χ4v) is 1.55. The van der Waals surface area contributed by atoms with Gasteiger partial charge >= 0.3 is 12.0 Å². The molecule has 17 heavy (non-hydrogen) atoms. The summed E-state index contributed by atoms with van der Waals surface area (Å²) < 4.78 is 4.96. The summed E-state index contributed by atoms with van der Waals surface area (Å²) in [4.78, 5) is 33.4. The van der Waals surface area contributed by atoms with E-state index in [1.165, 1.54) is 6.92 Å². The fraction of sp³-hybridized carbons (Fsp3) is 0.545. The number of carbonyl (C=O) groups excluding carboxylic acids is 3. The number of esters is 1. The largest absolute Gasteiger partial charge is 0.452 e. The van der Waals surface area contributed by atoms with Gasteiger partial charge in [0.1, 0.15) is 0 Å². The first kappa shape index (κ1) is 13.2. The van der Waals surface area contributed by atoms with Crippen molar-refractivity contribution in [1.82, 2.24) is 5.32 Å². The summed E-state index contributed by atoms with van der Waals surface area (Å²) in [7, 11) is 0. The molecule has 0 saturated heterocycles. The van der Waals surface area contributed by atoms with Crippen LogP contribution in [0.4, 0.5) is 4.79 Å². The molecule has 0 aromatic heterocycles. The quantitative estimate of drug-likeness (QED) is 0.553. The number of amides is 3. The van der Waals surface area contributed by atoms with Gasteiger partial charge in [-0.3, -0.25) is 14.9 Å². The standard InChI is InChI=1S/C11H16N2O4/c1-7(9(14)13-11(12)16)17-10(15)8-5-3-2-4-6-8/h2-3,7-8H,4-6H2,1H3,(H3,12,13,14,16)/t7-,8+/m1/s1. The highest BCUT2D eigenvalue weighted by atomic mass is 16.5. The molecular formula is C11H16N2O4. The van der Waals surface area contributed by atoms with Gasteiger partial charge in [-0.05, 0) is 26.2 Å². The maximum atomic E-state index is 11.6. The zero-order valence-electron chi connectivity index (χ0n) is 9.64. The molecule has 0 saturated carbocycles. The summed E-state index contributed by atoms with van der Waals surface area (Å²) in [5.41, 5.74) is 4.78. The molecule has 1 rings (SSSR count). The van der Waals surface area contributed by atoms with E-state index in [0.717, 1.165) is 12.8 Å². The van der Waals surface area contributed by atoms with Crippen LogP contribution in [0, 0.1) is 5.92 Å². The number of hydrogen-bond donors (Lipinski definition) is 2. The zero-order chi connectivity index (χ0) is 12.8. The number of allylic oxidation sites excluding steroid dienone is 2. The summed E-state index contributed by atoms with van der Waals surface area (Å²) in [6, 6.07) is -0.960. The molecule has 0 heterocycles. The number of nitrogens with two attached hydrogens (primary N) is 1. The Kier molecular flexibility index (Phi) is 4.68. The Morgan fingerprint density at radius 1 is 1.41 bits per heavy atom. The minimum atomic E-state index is -1.01. The van der Waals surface area contributed by atoms with E-state index in [2.05, 4.69) is 0 Å². The summed E-state index contributed by atoms with van der Waals surface area (Å²) >= 11 is 0. The third-order valence-corrected chi connectivity index (χ3v) is 2.51. The highest BCUT2D eigenvalue weighted by molar-refractivity contribution is 5.96. The van der Waals surface area contributed by atoms with Crippen LogP contribution in [0.5, 0.6) is 0 Å². The highest BCUT2D eigenvalue weighted by Gasteiger charge is 2.25. The Morgan fingerprint density at radius 2 is 2.12 bits per heavy atom. The Hall–Kier alpha value is -1.85. The van der Waals surface area contributed by atoms with Gasteiger partial charge in [0.25, 0.3) is 5.91 Å². The number of nitrogens with one attached hydrogen (secondary N) is 1. The van der Waals surface area contributed by atoms with Crippen LogP contribution in [0.25, 0.3) is 0 Å². The first-order valence-corrected chi connectivity index (χ1v) is 5.46. The first-order chi connectivity index (χ1) is 8.00. The van der Waals surface area contributed by atoms with Gasteiger partial charge in [0.05, 0.1) is 5.92 Å². The Morgan fingerprint density at radius 3 is 2.65 bits per heavy atom. The molecule has 3 N–H and O–H groups in total. The number of primary amides is 1. The zero-order valence-corrected chi connectivity index (χ0v) is 9.64. The van der Waals surface area contributed by atoms with E-state index in [4.69, 9.17) is 10.5 Å². The van der Waals surface area contributed by atoms with E-state index in [0.29, 0.717) is 6.42 Å². The second kappa shape index (κ2) is 6.03. The van der Waals surface area contributed by atoms with Crippen LogP contribution in [0.3, 0.4) is 0 Å². The Balaban J connectivity index is 2.42. The summed E-state index contributed by atoms with van der Waals surface area (Å²) in [5.74, 6) is -1.33. The topological polar surface area (TPSA) is 98.5 Å². The van der Waals surface area contributed by atoms with E-state index < -0.39 is 24.0 Å². The Labute approximate surface area is 99.2 Å². The van der Waals surface area contributed by atoms with Gasteiger partial charge in [0.15, 0.2) is 6.10 Å². The van der Waals surface area contributed by atoms with Gasteiger partial charge in [0, 0.05) is 0 Å². The van der Waals surface area contributed by atoms with Gasteiger partial charge in [-0.2, -0.15) is 0 Å². The average molecular weight is 240 g/mol. The van der Waals surface area contributed by atoms with Crippen molar-refractivity contribution in [2.24, 2.45) is 11.7 Å². The lowest BCUT2D eigenvalue weighted by molar-refractivity contribution is -0.158. The number of carbonyl (C=O) groups is 3. The lowest BCUT2D eigenvalue weighted by atomic mass is 9.95. The highest BCUT2D eigenvalue weighted by Crippen LogP contribution is 2.19. The van der Waals surface area contributed by atoms with Crippen molar-refractivity contribution in [2.45, 2.75) is 32.3 Å². The number of rotatable bonds is 3. The van der Waals surface area contributed by atoms with Crippen LogP contribution in [-0.4, -0.2) is 24.0 Å². The van der Waals surface area contributed by atoms with E-state index in [9.17, 15) is 14.4 Å². The van der Waals surface area contributed by atoms with E-state index >= 15 is 0 Å². The molecule has 6 nitrogen and oxygen atoms in total. The summed E-state index contributed by atoms with van der Waals surface area (Å²) in [6.45, 7) is 1.40. The normalized spacial score (nSPS) is 20.4. The smallest absolute Gasteiger partial charge is 0.318 e. The van der Waals surface area contributed by atoms with Crippen molar-refractivity contribution < 1.29 is 19.1 Å². The molecule has 1 aliphatic carbocycles. The molecule has 0 aliphatic heterocycles. The van der Waals surface area contributed by atoms with Gasteiger partial charge in [-0.1, -0.05) is 12.2 Å². The van der Waals surface area contributed by atoms with Crippen LogP contribution < -0.4 is 11.1 Å². The monoisotopic (exact) mass is 240 g/mol. The predicted molar refractivity (Wildman–Crippen MR) is 59.8 cm³/mol. The molecule has 0 unspecified atom stereocenters. The molecule has 0 aromatic rings. The molecule has 6 heteroatoms. The average Bonchev–Trinajstić information content (AvgIpc) is 2.29. The van der Waals surface area contributed by atoms with Crippen LogP contribution in [-0.2, 0) is 14.3 Å². The van der Waals surface area contributed by atoms with Gasteiger partial charge in [0.2, 0.25) is 0 Å². The van der Waals surface area contributed by atoms with E-state index in [-0.39, 0.29) is 5.92 Å². The third kappa shape index (κ3) is 4.26. The number of hydrogen-bond acceptors (Lipinski definition) is 4. The first-order valence-electron chi connectivity index (χ1n) is 5.46. The predicted octanol–water partition coefficient (Wildman–Crippen LogP) is 0.469. The van der Waals surface area contributed by atoms with Crippen molar-refractivity contribution >= 4 is 17.9 Å². The Bertz CT molecular complexity index is 351. The molecule has 0 aromatic carbocycles. The van der Waals surface area contributed by atoms with Gasteiger partial charge < -0.3 is 10.5 Å². The van der Waals surface area contributed by atoms with Crippen molar-refractivity contribution in [1.29, 1.82) is 0 Å². The number of urea groups is 1. The molecule has 0 fully saturated rings. The SMILES string of the molecule is C[C@@H](OC(=O)[C@H]1CC=CCC1)C(=O)NC(N)=O. The van der Waals surface area contributed by atoms with Crippen molar-refractivity contribution in [3.8, 4) is 0 Å². The molecular weight excluding hydrogens is 224 g/mol. The minimum absolute atomic E-state index is 0.205. The second-order valence-corrected chi connectivity index (χ2v) is 3.91. The minimum Gasteiger partial charge on any atom is -0.452 e. The van der Waals surface area contributed by atoms with Crippen LogP contribution in [0.2, 0.25) is 0 Å². The molecule has 2 atom stereocenters. The third-order valence-electron chi connectivity index (χ3n) is 2.51. The molecule has 1 aliphatic rings. The van der Waals surface area contributed by atoms with Gasteiger partial charge in [-0.25, -0.2) is 4.79 Å². The number of ether oxygens (including phenoxy) is 1. The van der Waals surface area contributed by atoms with E-state index in [1.807, 2.05) is 17.5 Å². The fourth-order valence-electron chi connectivity index (χ4n) is 1.55. The molecule has 94 valence electrons. The van der Waals surface area contributed by atoms with Gasteiger partial charge in [-0.15, -0.1) is 0 Å². The van der Waals surface area contributed by atoms with Crippen LogP contribution >= 0.6 is 0 Å². The van der Waals surface area contributed by atoms with Crippen molar-refractivity contribution in [3.05, 3.63) is 12.2 Å². The molecule has 0 radical (unpaired) electrons. The lowest BCUT2D eigenvalue weighted by Gasteiger charge is -2.19. The molecule has 0 bridgehead atoms. The summed E-state index contributed by atoms with van der Waals surface area (Å²) in [5, 5.41) is 1.86.